The van der Waals surface area contributed by atoms with Gasteiger partial charge in [-0.3, -0.25) is 4.79 Å². The van der Waals surface area contributed by atoms with Crippen LogP contribution in [0.15, 0.2) is 84.9 Å². The van der Waals surface area contributed by atoms with Gasteiger partial charge in [0.15, 0.2) is 0 Å². The van der Waals surface area contributed by atoms with Gasteiger partial charge in [-0.15, -0.1) is 0 Å². The number of benzene rings is 3. The van der Waals surface area contributed by atoms with Crippen LogP contribution in [0, 0.1) is 0 Å². The smallest absolute Gasteiger partial charge is 0.320 e. The molecule has 6 nitrogen and oxygen atoms in total. The number of hydrogen-bond donors (Lipinski definition) is 2. The zero-order valence-electron chi connectivity index (χ0n) is 18.0. The first-order chi connectivity index (χ1) is 15.6. The summed E-state index contributed by atoms with van der Waals surface area (Å²) >= 11 is 0. The van der Waals surface area contributed by atoms with Crippen molar-refractivity contribution in [2.75, 3.05) is 23.9 Å². The normalized spacial score (nSPS) is 15.3. The summed E-state index contributed by atoms with van der Waals surface area (Å²) in [5.74, 6) is 0.443. The molecule has 1 atom stereocenters. The average Bonchev–Trinajstić information content (AvgIpc) is 2.91. The predicted octanol–water partition coefficient (Wildman–Crippen LogP) is 4.68. The first-order valence-electron chi connectivity index (χ1n) is 10.5. The van der Waals surface area contributed by atoms with E-state index in [-0.39, 0.29) is 5.91 Å². The van der Waals surface area contributed by atoms with Gasteiger partial charge in [-0.05, 0) is 42.3 Å². The molecular weight excluding hydrogens is 402 g/mol. The van der Waals surface area contributed by atoms with E-state index < -0.39 is 12.1 Å². The number of hydrogen-bond acceptors (Lipinski definition) is 3. The minimum atomic E-state index is -0.835. The maximum absolute atomic E-state index is 13.2. The van der Waals surface area contributed by atoms with Gasteiger partial charge < -0.3 is 20.3 Å². The predicted molar refractivity (Wildman–Crippen MR) is 127 cm³/mol. The van der Waals surface area contributed by atoms with Crippen molar-refractivity contribution in [2.45, 2.75) is 13.0 Å². The molecule has 0 spiro atoms. The number of carbonyl (C=O) groups excluding carboxylic acids is 2. The van der Waals surface area contributed by atoms with E-state index >= 15 is 0 Å². The number of para-hydroxylation sites is 1. The molecule has 3 aromatic rings. The first kappa shape index (κ1) is 21.2. The fourth-order valence-corrected chi connectivity index (χ4v) is 3.76. The van der Waals surface area contributed by atoms with Crippen LogP contribution in [0.1, 0.15) is 18.1 Å². The number of fused-ring (bicyclic) bond motifs is 1. The van der Waals surface area contributed by atoms with Gasteiger partial charge in [-0.2, -0.15) is 0 Å². The van der Waals surface area contributed by atoms with Crippen molar-refractivity contribution in [1.29, 1.82) is 0 Å². The van der Waals surface area contributed by atoms with Crippen molar-refractivity contribution in [3.63, 3.8) is 0 Å². The molecule has 0 radical (unpaired) electrons. The summed E-state index contributed by atoms with van der Waals surface area (Å²) in [6, 6.07) is 23.4. The highest BCUT2D eigenvalue weighted by atomic mass is 16.5. The standard InChI is InChI=1S/C26H25N3O3/c1-3-32-20-13-9-12-19(16-20)27-26(31)28-23-17-22(18-10-5-4-6-11-18)21-14-7-8-15-24(21)29(2)25(23)30/h4-17,23H,3H2,1-2H3,(H2,27,28,31). The number of amides is 3. The molecule has 0 fully saturated rings. The number of ether oxygens (including phenoxy) is 1. The van der Waals surface area contributed by atoms with Gasteiger partial charge in [-0.25, -0.2) is 4.79 Å². The summed E-state index contributed by atoms with van der Waals surface area (Å²) < 4.78 is 5.48. The molecule has 0 saturated heterocycles. The Morgan fingerprint density at radius 2 is 1.75 bits per heavy atom. The lowest BCUT2D eigenvalue weighted by atomic mass is 9.95. The largest absolute Gasteiger partial charge is 0.494 e. The van der Waals surface area contributed by atoms with Crippen LogP contribution in [0.2, 0.25) is 0 Å². The lowest BCUT2D eigenvalue weighted by Crippen LogP contribution is -2.47. The van der Waals surface area contributed by atoms with E-state index in [0.717, 1.165) is 22.4 Å². The Balaban J connectivity index is 1.64. The van der Waals surface area contributed by atoms with Crippen LogP contribution < -0.4 is 20.3 Å². The second kappa shape index (κ2) is 9.39. The summed E-state index contributed by atoms with van der Waals surface area (Å²) in [7, 11) is 1.72. The molecular formula is C26H25N3O3. The maximum Gasteiger partial charge on any atom is 0.320 e. The SMILES string of the molecule is CCOc1cccc(NC(=O)NC2C=C(c3ccccc3)c3ccccc3N(C)C2=O)c1. The number of rotatable bonds is 5. The van der Waals surface area contributed by atoms with Crippen molar-refractivity contribution < 1.29 is 14.3 Å². The van der Waals surface area contributed by atoms with Gasteiger partial charge >= 0.3 is 6.03 Å². The number of nitrogens with zero attached hydrogens (tertiary/aromatic N) is 1. The Labute approximate surface area is 187 Å². The molecule has 4 rings (SSSR count). The Morgan fingerprint density at radius 1 is 1.00 bits per heavy atom. The van der Waals surface area contributed by atoms with Crippen molar-refractivity contribution in [3.8, 4) is 5.75 Å². The van der Waals surface area contributed by atoms with Crippen LogP contribution >= 0.6 is 0 Å². The second-order valence-electron chi connectivity index (χ2n) is 7.40. The molecule has 0 saturated carbocycles. The summed E-state index contributed by atoms with van der Waals surface area (Å²) in [5.41, 5.74) is 4.17. The Kier molecular flexibility index (Phi) is 6.22. The van der Waals surface area contributed by atoms with Gasteiger partial charge in [0.2, 0.25) is 0 Å². The highest BCUT2D eigenvalue weighted by Gasteiger charge is 2.29. The molecule has 3 amide bonds. The molecule has 1 heterocycles. The zero-order valence-corrected chi connectivity index (χ0v) is 18.0. The minimum absolute atomic E-state index is 0.221. The number of carbonyl (C=O) groups is 2. The van der Waals surface area contributed by atoms with Crippen LogP contribution in [0.5, 0.6) is 5.75 Å². The van der Waals surface area contributed by atoms with Gasteiger partial charge in [0.25, 0.3) is 5.91 Å². The lowest BCUT2D eigenvalue weighted by Gasteiger charge is -2.22. The fourth-order valence-electron chi connectivity index (χ4n) is 3.76. The molecule has 0 bridgehead atoms. The second-order valence-corrected chi connectivity index (χ2v) is 7.40. The molecule has 1 aliphatic heterocycles. The molecule has 3 aromatic carbocycles. The zero-order chi connectivity index (χ0) is 22.5. The molecule has 2 N–H and O–H groups in total. The van der Waals surface area contributed by atoms with E-state index in [1.807, 2.05) is 73.7 Å². The van der Waals surface area contributed by atoms with Crippen LogP contribution in [0.25, 0.3) is 5.57 Å². The molecule has 1 aliphatic rings. The van der Waals surface area contributed by atoms with Crippen LogP contribution in [-0.2, 0) is 4.79 Å². The van der Waals surface area contributed by atoms with Gasteiger partial charge in [0.1, 0.15) is 11.8 Å². The first-order valence-corrected chi connectivity index (χ1v) is 10.5. The van der Waals surface area contributed by atoms with Crippen LogP contribution in [-0.4, -0.2) is 31.6 Å². The quantitative estimate of drug-likeness (QED) is 0.621. The number of urea groups is 1. The average molecular weight is 428 g/mol. The van der Waals surface area contributed by atoms with Crippen LogP contribution in [0.4, 0.5) is 16.2 Å². The molecule has 6 heteroatoms. The molecule has 0 aromatic heterocycles. The van der Waals surface area contributed by atoms with Crippen molar-refractivity contribution in [2.24, 2.45) is 0 Å². The number of anilines is 2. The van der Waals surface area contributed by atoms with E-state index in [2.05, 4.69) is 10.6 Å². The van der Waals surface area contributed by atoms with Gasteiger partial charge in [-0.1, -0.05) is 54.6 Å². The van der Waals surface area contributed by atoms with Crippen molar-refractivity contribution >= 4 is 28.9 Å². The molecule has 32 heavy (non-hydrogen) atoms. The minimum Gasteiger partial charge on any atom is -0.494 e. The lowest BCUT2D eigenvalue weighted by molar-refractivity contribution is -0.119. The topological polar surface area (TPSA) is 70.7 Å². The monoisotopic (exact) mass is 427 g/mol. The van der Waals surface area contributed by atoms with E-state index in [1.54, 1.807) is 30.1 Å². The Morgan fingerprint density at radius 3 is 2.53 bits per heavy atom. The third kappa shape index (κ3) is 4.49. The summed E-state index contributed by atoms with van der Waals surface area (Å²) in [6.07, 6.45) is 1.82. The Hall–Kier alpha value is -4.06. The van der Waals surface area contributed by atoms with Crippen molar-refractivity contribution in [1.82, 2.24) is 5.32 Å². The third-order valence-corrected chi connectivity index (χ3v) is 5.26. The van der Waals surface area contributed by atoms with E-state index in [9.17, 15) is 9.59 Å². The summed E-state index contributed by atoms with van der Waals surface area (Å²) in [5, 5.41) is 5.60. The van der Waals surface area contributed by atoms with E-state index in [1.165, 1.54) is 0 Å². The molecule has 0 aliphatic carbocycles. The summed E-state index contributed by atoms with van der Waals surface area (Å²) in [4.78, 5) is 27.6. The highest BCUT2D eigenvalue weighted by Crippen LogP contribution is 2.34. The molecule has 162 valence electrons. The van der Waals surface area contributed by atoms with Crippen LogP contribution in [0.3, 0.4) is 0 Å². The van der Waals surface area contributed by atoms with Crippen molar-refractivity contribution in [3.05, 3.63) is 96.1 Å². The maximum atomic E-state index is 13.2. The fraction of sp³-hybridized carbons (Fsp3) is 0.154. The number of nitrogens with one attached hydrogen (secondary N) is 2. The highest BCUT2D eigenvalue weighted by molar-refractivity contribution is 6.07. The van der Waals surface area contributed by atoms with E-state index in [4.69, 9.17) is 4.74 Å². The Bertz CT molecular complexity index is 1160. The third-order valence-electron chi connectivity index (χ3n) is 5.26. The van der Waals surface area contributed by atoms with Gasteiger partial charge in [0.05, 0.1) is 12.3 Å². The molecule has 1 unspecified atom stereocenters. The van der Waals surface area contributed by atoms with Gasteiger partial charge in [0, 0.05) is 24.4 Å². The summed E-state index contributed by atoms with van der Waals surface area (Å²) in [6.45, 7) is 2.43. The van der Waals surface area contributed by atoms with E-state index in [0.29, 0.717) is 18.0 Å². The number of likely N-dealkylation sites (N-methyl/N-ethyl adjacent to an activating group) is 1.